The Morgan fingerprint density at radius 1 is 1.16 bits per heavy atom. The molecule has 1 unspecified atom stereocenters. The van der Waals surface area contributed by atoms with Crippen LogP contribution in [0.2, 0.25) is 5.02 Å². The number of ketones is 1. The zero-order valence-electron chi connectivity index (χ0n) is 18.1. The number of amides is 1. The first-order valence-electron chi connectivity index (χ1n) is 10.3. The van der Waals surface area contributed by atoms with E-state index in [0.717, 1.165) is 5.56 Å². The van der Waals surface area contributed by atoms with Crippen molar-refractivity contribution >= 4 is 34.7 Å². The molecule has 4 rings (SSSR count). The summed E-state index contributed by atoms with van der Waals surface area (Å²) in [5, 5.41) is 12.0. The van der Waals surface area contributed by atoms with E-state index in [9.17, 15) is 19.7 Å². The van der Waals surface area contributed by atoms with Crippen molar-refractivity contribution in [2.75, 3.05) is 12.0 Å². The normalized spacial score (nSPS) is 20.2. The minimum Gasteiger partial charge on any atom is -0.497 e. The van der Waals surface area contributed by atoms with Crippen LogP contribution in [0.15, 0.2) is 53.7 Å². The van der Waals surface area contributed by atoms with Crippen LogP contribution in [0.4, 0.5) is 11.4 Å². The molecule has 1 aliphatic carbocycles. The van der Waals surface area contributed by atoms with Gasteiger partial charge in [0, 0.05) is 41.1 Å². The number of nitro groups is 1. The Morgan fingerprint density at radius 3 is 2.59 bits per heavy atom. The maximum absolute atomic E-state index is 13.5. The Morgan fingerprint density at radius 2 is 1.91 bits per heavy atom. The molecule has 1 amide bonds. The van der Waals surface area contributed by atoms with Gasteiger partial charge in [-0.1, -0.05) is 37.6 Å². The highest BCUT2D eigenvalue weighted by atomic mass is 35.5. The number of halogens is 1. The summed E-state index contributed by atoms with van der Waals surface area (Å²) in [5.41, 5.74) is 1.32. The Balaban J connectivity index is 1.95. The fourth-order valence-corrected chi connectivity index (χ4v) is 4.83. The number of carbonyl (C=O) groups is 2. The van der Waals surface area contributed by atoms with Crippen LogP contribution >= 0.6 is 11.6 Å². The lowest BCUT2D eigenvalue weighted by Gasteiger charge is -2.42. The molecule has 0 spiro atoms. The summed E-state index contributed by atoms with van der Waals surface area (Å²) in [6.07, 6.45) is 0.789. The van der Waals surface area contributed by atoms with E-state index in [1.807, 2.05) is 32.0 Å². The number of benzene rings is 2. The number of anilines is 1. The molecule has 32 heavy (non-hydrogen) atoms. The lowest BCUT2D eigenvalue weighted by Crippen LogP contribution is -2.44. The standard InChI is InChI=1S/C24H23ClN2O5/c1-24(2)12-20-23(21(28)13-24)17(14-5-4-6-16(9-14)32-3)11-22(29)26(20)19-10-15(25)7-8-18(19)27(30)31/h4-10,17H,11-13H2,1-3H3. The van der Waals surface area contributed by atoms with Crippen molar-refractivity contribution in [1.29, 1.82) is 0 Å². The molecule has 1 atom stereocenters. The van der Waals surface area contributed by atoms with Gasteiger partial charge in [0.05, 0.1) is 12.0 Å². The lowest BCUT2D eigenvalue weighted by molar-refractivity contribution is -0.384. The predicted molar refractivity (Wildman–Crippen MR) is 121 cm³/mol. The average molecular weight is 455 g/mol. The molecule has 8 heteroatoms. The number of carbonyl (C=O) groups excluding carboxylic acids is 2. The van der Waals surface area contributed by atoms with Gasteiger partial charge >= 0.3 is 0 Å². The average Bonchev–Trinajstić information content (AvgIpc) is 2.71. The van der Waals surface area contributed by atoms with E-state index < -0.39 is 16.3 Å². The summed E-state index contributed by atoms with van der Waals surface area (Å²) in [6.45, 7) is 3.91. The van der Waals surface area contributed by atoms with E-state index in [2.05, 4.69) is 0 Å². The van der Waals surface area contributed by atoms with Crippen molar-refractivity contribution in [3.63, 3.8) is 0 Å². The number of nitro benzene ring substituents is 1. The largest absolute Gasteiger partial charge is 0.497 e. The van der Waals surface area contributed by atoms with Gasteiger partial charge in [0.1, 0.15) is 11.4 Å². The summed E-state index contributed by atoms with van der Waals surface area (Å²) >= 11 is 6.15. The second kappa shape index (κ2) is 8.06. The van der Waals surface area contributed by atoms with Crippen LogP contribution in [0.25, 0.3) is 0 Å². The number of Topliss-reactive ketones (excluding diaryl/α,β-unsaturated/α-hetero) is 1. The molecule has 0 fully saturated rings. The van der Waals surface area contributed by atoms with Gasteiger partial charge in [0.25, 0.3) is 5.69 Å². The van der Waals surface area contributed by atoms with Crippen molar-refractivity contribution in [3.8, 4) is 5.75 Å². The molecule has 1 aliphatic heterocycles. The quantitative estimate of drug-likeness (QED) is 0.454. The summed E-state index contributed by atoms with van der Waals surface area (Å²) in [4.78, 5) is 39.4. The Bertz CT molecular complexity index is 1170. The molecule has 0 saturated heterocycles. The number of hydrogen-bond donors (Lipinski definition) is 0. The molecule has 0 saturated carbocycles. The second-order valence-corrected chi connectivity index (χ2v) is 9.39. The maximum atomic E-state index is 13.5. The van der Waals surface area contributed by atoms with Crippen LogP contribution in [0.1, 0.15) is 44.6 Å². The minimum absolute atomic E-state index is 0.0157. The summed E-state index contributed by atoms with van der Waals surface area (Å²) in [5.74, 6) is -0.169. The fourth-order valence-electron chi connectivity index (χ4n) is 4.67. The third-order valence-corrected chi connectivity index (χ3v) is 6.25. The third-order valence-electron chi connectivity index (χ3n) is 6.01. The van der Waals surface area contributed by atoms with E-state index in [-0.39, 0.29) is 34.5 Å². The molecule has 166 valence electrons. The lowest BCUT2D eigenvalue weighted by atomic mass is 9.69. The highest BCUT2D eigenvalue weighted by Crippen LogP contribution is 2.49. The Labute approximate surface area is 190 Å². The zero-order valence-corrected chi connectivity index (χ0v) is 18.8. The van der Waals surface area contributed by atoms with Crippen LogP contribution in [0.3, 0.4) is 0 Å². The Hall–Kier alpha value is -3.19. The van der Waals surface area contributed by atoms with Gasteiger partial charge < -0.3 is 4.74 Å². The summed E-state index contributed by atoms with van der Waals surface area (Å²) in [6, 6.07) is 11.4. The van der Waals surface area contributed by atoms with Crippen molar-refractivity contribution in [3.05, 3.63) is 74.4 Å². The molecule has 2 aromatic carbocycles. The van der Waals surface area contributed by atoms with Gasteiger partial charge in [-0.3, -0.25) is 24.6 Å². The van der Waals surface area contributed by atoms with Gasteiger partial charge in [-0.05, 0) is 41.7 Å². The number of hydrogen-bond acceptors (Lipinski definition) is 5. The topological polar surface area (TPSA) is 89.8 Å². The SMILES string of the molecule is COc1cccc(C2CC(=O)N(c3cc(Cl)ccc3[N+](=O)[O-])C3=C2C(=O)CC(C)(C)C3)c1. The van der Waals surface area contributed by atoms with Crippen molar-refractivity contribution in [2.45, 2.75) is 39.0 Å². The van der Waals surface area contributed by atoms with Crippen LogP contribution in [0, 0.1) is 15.5 Å². The Kier molecular flexibility index (Phi) is 5.54. The number of rotatable bonds is 4. The van der Waals surface area contributed by atoms with E-state index in [4.69, 9.17) is 16.3 Å². The monoisotopic (exact) mass is 454 g/mol. The first kappa shape index (κ1) is 22.0. The molecular formula is C24H23ClN2O5. The number of nitrogens with zero attached hydrogens (tertiary/aromatic N) is 2. The number of methoxy groups -OCH3 is 1. The molecular weight excluding hydrogens is 432 g/mol. The summed E-state index contributed by atoms with van der Waals surface area (Å²) in [7, 11) is 1.56. The molecule has 0 N–H and O–H groups in total. The maximum Gasteiger partial charge on any atom is 0.293 e. The smallest absolute Gasteiger partial charge is 0.293 e. The van der Waals surface area contributed by atoms with Crippen LogP contribution in [-0.2, 0) is 9.59 Å². The second-order valence-electron chi connectivity index (χ2n) is 8.95. The van der Waals surface area contributed by atoms with Crippen LogP contribution in [0.5, 0.6) is 5.75 Å². The zero-order chi connectivity index (χ0) is 23.2. The van der Waals surface area contributed by atoms with E-state index in [1.54, 1.807) is 13.2 Å². The summed E-state index contributed by atoms with van der Waals surface area (Å²) < 4.78 is 5.33. The molecule has 2 aromatic rings. The van der Waals surface area contributed by atoms with Crippen LogP contribution in [-0.4, -0.2) is 23.7 Å². The van der Waals surface area contributed by atoms with Gasteiger partial charge in [-0.25, -0.2) is 0 Å². The van der Waals surface area contributed by atoms with E-state index in [1.165, 1.54) is 23.1 Å². The van der Waals surface area contributed by atoms with E-state index >= 15 is 0 Å². The molecule has 1 heterocycles. The highest BCUT2D eigenvalue weighted by molar-refractivity contribution is 6.31. The molecule has 7 nitrogen and oxygen atoms in total. The van der Waals surface area contributed by atoms with E-state index in [0.29, 0.717) is 29.9 Å². The van der Waals surface area contributed by atoms with Crippen molar-refractivity contribution < 1.29 is 19.2 Å². The molecule has 0 radical (unpaired) electrons. The first-order valence-corrected chi connectivity index (χ1v) is 10.7. The third kappa shape index (κ3) is 3.88. The van der Waals surface area contributed by atoms with Gasteiger partial charge in [0.2, 0.25) is 5.91 Å². The van der Waals surface area contributed by atoms with Crippen molar-refractivity contribution in [1.82, 2.24) is 0 Å². The fraction of sp³-hybridized carbons (Fsp3) is 0.333. The van der Waals surface area contributed by atoms with Gasteiger partial charge in [0.15, 0.2) is 5.78 Å². The van der Waals surface area contributed by atoms with Crippen LogP contribution < -0.4 is 9.64 Å². The minimum atomic E-state index is -0.539. The number of allylic oxidation sites excluding steroid dienone is 2. The number of ether oxygens (including phenoxy) is 1. The predicted octanol–water partition coefficient (Wildman–Crippen LogP) is 5.42. The molecule has 0 bridgehead atoms. The molecule has 2 aliphatic rings. The first-order chi connectivity index (χ1) is 15.1. The molecule has 0 aromatic heterocycles. The highest BCUT2D eigenvalue weighted by Gasteiger charge is 2.45. The van der Waals surface area contributed by atoms with Crippen molar-refractivity contribution in [2.24, 2.45) is 5.41 Å². The van der Waals surface area contributed by atoms with Gasteiger partial charge in [-0.15, -0.1) is 0 Å². The van der Waals surface area contributed by atoms with Gasteiger partial charge in [-0.2, -0.15) is 0 Å².